The fourth-order valence-electron chi connectivity index (χ4n) is 3.41. The summed E-state index contributed by atoms with van der Waals surface area (Å²) in [4.78, 5) is 38.1. The van der Waals surface area contributed by atoms with Crippen LogP contribution in [0.15, 0.2) is 48.5 Å². The molecule has 0 aliphatic rings. The zero-order valence-corrected chi connectivity index (χ0v) is 22.2. The maximum absolute atomic E-state index is 12.8. The second-order valence-corrected chi connectivity index (χ2v) is 9.68. The molecule has 0 aliphatic carbocycles. The third-order valence-electron chi connectivity index (χ3n) is 5.24. The smallest absolute Gasteiger partial charge is 0.341 e. The van der Waals surface area contributed by atoms with Gasteiger partial charge in [-0.1, -0.05) is 53.5 Å². The van der Waals surface area contributed by atoms with Crippen LogP contribution in [0.4, 0.5) is 5.00 Å². The fourth-order valence-corrected chi connectivity index (χ4v) is 5.00. The number of hydrogen-bond acceptors (Lipinski definition) is 6. The van der Waals surface area contributed by atoms with Crippen molar-refractivity contribution < 1.29 is 23.9 Å². The lowest BCUT2D eigenvalue weighted by Crippen LogP contribution is -2.25. The van der Waals surface area contributed by atoms with E-state index in [1.54, 1.807) is 25.1 Å². The van der Waals surface area contributed by atoms with E-state index in [1.807, 2.05) is 30.3 Å². The molecule has 1 aromatic heterocycles. The van der Waals surface area contributed by atoms with E-state index in [0.29, 0.717) is 45.6 Å². The third kappa shape index (κ3) is 7.46. The zero-order chi connectivity index (χ0) is 26.1. The molecule has 7 nitrogen and oxygen atoms in total. The Balaban J connectivity index is 1.59. The van der Waals surface area contributed by atoms with Crippen LogP contribution in [-0.4, -0.2) is 38.0 Å². The molecule has 1 heterocycles. The highest BCUT2D eigenvalue weighted by Crippen LogP contribution is 2.34. The van der Waals surface area contributed by atoms with E-state index in [4.69, 9.17) is 32.7 Å². The van der Waals surface area contributed by atoms with Crippen LogP contribution < -0.4 is 15.4 Å². The highest BCUT2D eigenvalue weighted by atomic mass is 35.5. The first-order valence-electron chi connectivity index (χ1n) is 11.2. The van der Waals surface area contributed by atoms with Crippen molar-refractivity contribution in [3.05, 3.63) is 80.1 Å². The molecule has 0 fully saturated rings. The summed E-state index contributed by atoms with van der Waals surface area (Å²) in [5.74, 6) is -0.773. The summed E-state index contributed by atoms with van der Waals surface area (Å²) in [6.07, 6.45) is 1.23. The average molecular weight is 549 g/mol. The minimum absolute atomic E-state index is 0.140. The number of nitrogens with one attached hydrogen (secondary N) is 2. The molecular weight excluding hydrogens is 523 g/mol. The maximum atomic E-state index is 12.8. The van der Waals surface area contributed by atoms with Gasteiger partial charge in [-0.15, -0.1) is 11.3 Å². The topological polar surface area (TPSA) is 93.7 Å². The maximum Gasteiger partial charge on any atom is 0.341 e. The summed E-state index contributed by atoms with van der Waals surface area (Å²) in [5, 5.41) is 6.78. The fraction of sp³-hybridized carbons (Fsp3) is 0.269. The lowest BCUT2D eigenvalue weighted by molar-refractivity contribution is -0.116. The molecular formula is C26H26Cl2N2O5S. The summed E-state index contributed by atoms with van der Waals surface area (Å²) >= 11 is 13.0. The van der Waals surface area contributed by atoms with Gasteiger partial charge in [0.15, 0.2) is 0 Å². The summed E-state index contributed by atoms with van der Waals surface area (Å²) in [6.45, 7) is 2.36. The summed E-state index contributed by atoms with van der Waals surface area (Å²) in [6, 6.07) is 14.7. The average Bonchev–Trinajstić information content (AvgIpc) is 3.18. The number of carbonyl (C=O) groups is 3. The van der Waals surface area contributed by atoms with Gasteiger partial charge in [0.1, 0.15) is 10.8 Å². The zero-order valence-electron chi connectivity index (χ0n) is 19.9. The SMILES string of the molecule is COC(=O)c1c(NC(=O)CCCOc2ccc(Cl)cc2Cl)sc(C(=O)NCCc2ccccc2)c1C. The van der Waals surface area contributed by atoms with E-state index in [9.17, 15) is 14.4 Å². The molecule has 0 atom stereocenters. The van der Waals surface area contributed by atoms with Crippen LogP contribution in [-0.2, 0) is 16.0 Å². The monoisotopic (exact) mass is 548 g/mol. The number of rotatable bonds is 11. The number of ether oxygens (including phenoxy) is 2. The van der Waals surface area contributed by atoms with Crippen LogP contribution in [0.1, 0.15) is 44.0 Å². The number of hydrogen-bond donors (Lipinski definition) is 2. The summed E-state index contributed by atoms with van der Waals surface area (Å²) in [5.41, 5.74) is 1.74. The number of thiophene rings is 1. The number of benzene rings is 2. The number of methoxy groups -OCH3 is 1. The van der Waals surface area contributed by atoms with E-state index in [0.717, 1.165) is 16.9 Å². The molecule has 3 aromatic rings. The van der Waals surface area contributed by atoms with Gasteiger partial charge in [-0.2, -0.15) is 0 Å². The summed E-state index contributed by atoms with van der Waals surface area (Å²) < 4.78 is 10.5. The first-order valence-corrected chi connectivity index (χ1v) is 12.8. The van der Waals surface area contributed by atoms with Crippen molar-refractivity contribution in [2.75, 3.05) is 25.6 Å². The normalized spacial score (nSPS) is 10.6. The minimum Gasteiger partial charge on any atom is -0.492 e. The highest BCUT2D eigenvalue weighted by molar-refractivity contribution is 7.18. The molecule has 0 saturated carbocycles. The number of anilines is 1. The Labute approximate surface area is 223 Å². The quantitative estimate of drug-likeness (QED) is 0.229. The first-order chi connectivity index (χ1) is 17.3. The molecule has 0 radical (unpaired) electrons. The van der Waals surface area contributed by atoms with Gasteiger partial charge in [0.05, 0.1) is 29.2 Å². The Morgan fingerprint density at radius 3 is 2.50 bits per heavy atom. The number of esters is 1. The van der Waals surface area contributed by atoms with E-state index in [1.165, 1.54) is 7.11 Å². The van der Waals surface area contributed by atoms with Crippen molar-refractivity contribution >= 4 is 57.3 Å². The lowest BCUT2D eigenvalue weighted by Gasteiger charge is -2.09. The Morgan fingerprint density at radius 2 is 1.81 bits per heavy atom. The molecule has 0 spiro atoms. The molecule has 0 saturated heterocycles. The number of halogens is 2. The predicted octanol–water partition coefficient (Wildman–Crippen LogP) is 5.92. The van der Waals surface area contributed by atoms with Crippen LogP contribution in [0.25, 0.3) is 0 Å². The molecule has 0 unspecified atom stereocenters. The lowest BCUT2D eigenvalue weighted by atomic mass is 10.1. The third-order valence-corrected chi connectivity index (χ3v) is 6.97. The van der Waals surface area contributed by atoms with E-state index < -0.39 is 5.97 Å². The van der Waals surface area contributed by atoms with Crippen LogP contribution >= 0.6 is 34.5 Å². The van der Waals surface area contributed by atoms with E-state index >= 15 is 0 Å². The van der Waals surface area contributed by atoms with Gasteiger partial charge < -0.3 is 20.1 Å². The minimum atomic E-state index is -0.622. The molecule has 0 bridgehead atoms. The number of amides is 2. The van der Waals surface area contributed by atoms with E-state index in [-0.39, 0.29) is 35.4 Å². The molecule has 36 heavy (non-hydrogen) atoms. The Morgan fingerprint density at radius 1 is 1.06 bits per heavy atom. The van der Waals surface area contributed by atoms with Crippen LogP contribution in [0.5, 0.6) is 5.75 Å². The van der Waals surface area contributed by atoms with Crippen LogP contribution in [0.3, 0.4) is 0 Å². The van der Waals surface area contributed by atoms with Crippen molar-refractivity contribution in [2.45, 2.75) is 26.2 Å². The summed E-state index contributed by atoms with van der Waals surface area (Å²) in [7, 11) is 1.25. The Bertz CT molecular complexity index is 1230. The molecule has 10 heteroatoms. The molecule has 2 amide bonds. The van der Waals surface area contributed by atoms with Crippen molar-refractivity contribution in [1.29, 1.82) is 0 Å². The van der Waals surface area contributed by atoms with Gasteiger partial charge in [-0.05, 0) is 49.1 Å². The number of carbonyl (C=O) groups excluding carboxylic acids is 3. The molecule has 190 valence electrons. The van der Waals surface area contributed by atoms with Crippen LogP contribution in [0, 0.1) is 6.92 Å². The Kier molecular flexibility index (Phi) is 10.2. The Hall–Kier alpha value is -3.07. The van der Waals surface area contributed by atoms with Gasteiger partial charge in [-0.25, -0.2) is 4.79 Å². The van der Waals surface area contributed by atoms with Crippen molar-refractivity contribution in [3.8, 4) is 5.75 Å². The van der Waals surface area contributed by atoms with Crippen LogP contribution in [0.2, 0.25) is 10.0 Å². The van der Waals surface area contributed by atoms with Crippen molar-refractivity contribution in [1.82, 2.24) is 5.32 Å². The molecule has 2 N–H and O–H groups in total. The highest BCUT2D eigenvalue weighted by Gasteiger charge is 2.26. The van der Waals surface area contributed by atoms with E-state index in [2.05, 4.69) is 10.6 Å². The second-order valence-electron chi connectivity index (χ2n) is 7.82. The van der Waals surface area contributed by atoms with Gasteiger partial charge in [0.25, 0.3) is 5.91 Å². The standard InChI is InChI=1S/C26H26Cl2N2O5S/c1-16-22(26(33)34-2)25(36-23(16)24(32)29-13-12-17-7-4-3-5-8-17)30-21(31)9-6-14-35-20-11-10-18(27)15-19(20)28/h3-5,7-8,10-11,15H,6,9,12-14H2,1-2H3,(H,29,32)(H,30,31). The largest absolute Gasteiger partial charge is 0.492 e. The van der Waals surface area contributed by atoms with Gasteiger partial charge in [0.2, 0.25) is 5.91 Å². The second kappa shape index (κ2) is 13.3. The van der Waals surface area contributed by atoms with Crippen molar-refractivity contribution in [3.63, 3.8) is 0 Å². The first kappa shape index (κ1) is 27.5. The van der Waals surface area contributed by atoms with Crippen molar-refractivity contribution in [2.24, 2.45) is 0 Å². The molecule has 2 aromatic carbocycles. The molecule has 0 aliphatic heterocycles. The predicted molar refractivity (Wildman–Crippen MR) is 143 cm³/mol. The van der Waals surface area contributed by atoms with Gasteiger partial charge >= 0.3 is 5.97 Å². The van der Waals surface area contributed by atoms with Gasteiger partial charge in [-0.3, -0.25) is 9.59 Å². The molecule has 3 rings (SSSR count). The van der Waals surface area contributed by atoms with Gasteiger partial charge in [0, 0.05) is 18.0 Å².